The highest BCUT2D eigenvalue weighted by molar-refractivity contribution is 7.81. The van der Waals surface area contributed by atoms with E-state index in [4.69, 9.17) is 0 Å². The molecule has 5 nitrogen and oxygen atoms in total. The Kier molecular flexibility index (Phi) is 11.7. The minimum atomic E-state index is -0.0789. The fourth-order valence-electron chi connectivity index (χ4n) is 1.41. The molecule has 6 heteroatoms. The van der Waals surface area contributed by atoms with Crippen LogP contribution in [0.5, 0.6) is 0 Å². The van der Waals surface area contributed by atoms with Crippen molar-refractivity contribution in [3.05, 3.63) is 24.0 Å². The molecule has 0 heterocycles. The number of thiol groups is 1. The Bertz CT molecular complexity index is 354. The van der Waals surface area contributed by atoms with Crippen molar-refractivity contribution in [1.29, 1.82) is 0 Å². The number of carbonyl (C=O) groups is 2. The second-order valence-electron chi connectivity index (χ2n) is 4.28. The van der Waals surface area contributed by atoms with Gasteiger partial charge in [0, 0.05) is 13.0 Å². The summed E-state index contributed by atoms with van der Waals surface area (Å²) in [5.74, 6) is 0.178. The largest absolute Gasteiger partial charge is 0.510 e. The molecule has 0 spiro atoms. The normalized spacial score (nSPS) is 11.6. The summed E-state index contributed by atoms with van der Waals surface area (Å²) in [5.41, 5.74) is 0. The Balaban J connectivity index is 3.52. The first-order chi connectivity index (χ1) is 9.60. The number of aliphatic hydroxyl groups excluding tert-OH is 1. The highest BCUT2D eigenvalue weighted by atomic mass is 32.1. The van der Waals surface area contributed by atoms with E-state index in [-0.39, 0.29) is 29.9 Å². The molecule has 0 aromatic carbocycles. The van der Waals surface area contributed by atoms with E-state index in [1.54, 1.807) is 18.2 Å². The van der Waals surface area contributed by atoms with Gasteiger partial charge in [-0.2, -0.15) is 12.6 Å². The van der Waals surface area contributed by atoms with E-state index in [1.165, 1.54) is 0 Å². The Labute approximate surface area is 125 Å². The quantitative estimate of drug-likeness (QED) is 0.215. The molecule has 0 saturated heterocycles. The van der Waals surface area contributed by atoms with Crippen LogP contribution in [0, 0.1) is 0 Å². The highest BCUT2D eigenvalue weighted by Gasteiger charge is 2.02. The third-order valence-electron chi connectivity index (χ3n) is 2.49. The SMILES string of the molecule is C/C=C/C=C(\O)CNC(=O)CCCCCNC(=O)CS. The van der Waals surface area contributed by atoms with Crippen molar-refractivity contribution >= 4 is 24.4 Å². The molecule has 0 rings (SSSR count). The predicted molar refractivity (Wildman–Crippen MR) is 83.9 cm³/mol. The third-order valence-corrected chi connectivity index (χ3v) is 2.78. The van der Waals surface area contributed by atoms with E-state index in [2.05, 4.69) is 23.3 Å². The van der Waals surface area contributed by atoms with Crippen LogP contribution >= 0.6 is 12.6 Å². The van der Waals surface area contributed by atoms with E-state index >= 15 is 0 Å². The summed E-state index contributed by atoms with van der Waals surface area (Å²) < 4.78 is 0. The van der Waals surface area contributed by atoms with Gasteiger partial charge in [0.15, 0.2) is 0 Å². The summed E-state index contributed by atoms with van der Waals surface area (Å²) in [6.07, 6.45) is 7.97. The summed E-state index contributed by atoms with van der Waals surface area (Å²) in [6.45, 7) is 2.62. The maximum atomic E-state index is 11.5. The van der Waals surface area contributed by atoms with Crippen LogP contribution in [0.25, 0.3) is 0 Å². The van der Waals surface area contributed by atoms with Gasteiger partial charge in [0.1, 0.15) is 5.76 Å². The van der Waals surface area contributed by atoms with Gasteiger partial charge in [-0.1, -0.05) is 18.6 Å². The lowest BCUT2D eigenvalue weighted by atomic mass is 10.2. The second-order valence-corrected chi connectivity index (χ2v) is 4.60. The first-order valence-electron chi connectivity index (χ1n) is 6.75. The van der Waals surface area contributed by atoms with Crippen LogP contribution in [0.3, 0.4) is 0 Å². The number of hydrogen-bond acceptors (Lipinski definition) is 4. The average Bonchev–Trinajstić information content (AvgIpc) is 2.45. The van der Waals surface area contributed by atoms with Crippen molar-refractivity contribution in [2.24, 2.45) is 0 Å². The number of rotatable bonds is 10. The van der Waals surface area contributed by atoms with E-state index in [9.17, 15) is 14.7 Å². The zero-order valence-corrected chi connectivity index (χ0v) is 12.8. The molecule has 0 aromatic heterocycles. The lowest BCUT2D eigenvalue weighted by molar-refractivity contribution is -0.121. The number of unbranched alkanes of at least 4 members (excludes halogenated alkanes) is 2. The third kappa shape index (κ3) is 11.6. The monoisotopic (exact) mass is 300 g/mol. The summed E-state index contributed by atoms with van der Waals surface area (Å²) in [5, 5.41) is 14.8. The number of carbonyl (C=O) groups excluding carboxylic acids is 2. The molecule has 20 heavy (non-hydrogen) atoms. The van der Waals surface area contributed by atoms with Gasteiger partial charge >= 0.3 is 0 Å². The molecule has 0 aliphatic heterocycles. The van der Waals surface area contributed by atoms with Crippen LogP contribution in [-0.2, 0) is 9.59 Å². The van der Waals surface area contributed by atoms with Gasteiger partial charge in [-0.05, 0) is 25.8 Å². The smallest absolute Gasteiger partial charge is 0.229 e. The molecule has 0 fully saturated rings. The summed E-state index contributed by atoms with van der Waals surface area (Å²) in [7, 11) is 0. The molecule has 0 radical (unpaired) electrons. The van der Waals surface area contributed by atoms with Gasteiger partial charge < -0.3 is 15.7 Å². The maximum absolute atomic E-state index is 11.5. The van der Waals surface area contributed by atoms with Gasteiger partial charge in [-0.25, -0.2) is 0 Å². The number of allylic oxidation sites excluding steroid dienone is 3. The average molecular weight is 300 g/mol. The first kappa shape index (κ1) is 18.6. The van der Waals surface area contributed by atoms with Crippen LogP contribution in [0.4, 0.5) is 0 Å². The van der Waals surface area contributed by atoms with E-state index in [0.29, 0.717) is 13.0 Å². The van der Waals surface area contributed by atoms with Crippen LogP contribution in [-0.4, -0.2) is 35.8 Å². The van der Waals surface area contributed by atoms with Crippen molar-refractivity contribution in [2.45, 2.75) is 32.6 Å². The zero-order chi connectivity index (χ0) is 15.2. The Morgan fingerprint density at radius 3 is 2.55 bits per heavy atom. The maximum Gasteiger partial charge on any atom is 0.229 e. The van der Waals surface area contributed by atoms with E-state index in [1.807, 2.05) is 6.92 Å². The van der Waals surface area contributed by atoms with Crippen LogP contribution in [0.15, 0.2) is 24.0 Å². The zero-order valence-electron chi connectivity index (χ0n) is 11.9. The minimum absolute atomic E-state index is 0.0746. The van der Waals surface area contributed by atoms with Gasteiger partial charge in [-0.15, -0.1) is 0 Å². The van der Waals surface area contributed by atoms with Gasteiger partial charge in [-0.3, -0.25) is 9.59 Å². The first-order valence-corrected chi connectivity index (χ1v) is 7.38. The fraction of sp³-hybridized carbons (Fsp3) is 0.571. The van der Waals surface area contributed by atoms with E-state index in [0.717, 1.165) is 19.3 Å². The predicted octanol–water partition coefficient (Wildman–Crippen LogP) is 1.73. The molecule has 3 N–H and O–H groups in total. The van der Waals surface area contributed by atoms with Crippen molar-refractivity contribution in [3.63, 3.8) is 0 Å². The summed E-state index contributed by atoms with van der Waals surface area (Å²) in [6, 6.07) is 0. The molecule has 0 saturated carbocycles. The topological polar surface area (TPSA) is 78.4 Å². The lowest BCUT2D eigenvalue weighted by Gasteiger charge is -2.05. The van der Waals surface area contributed by atoms with Crippen LogP contribution in [0.1, 0.15) is 32.6 Å². The second kappa shape index (κ2) is 12.6. The molecule has 0 aromatic rings. The summed E-state index contributed by atoms with van der Waals surface area (Å²) in [4.78, 5) is 22.4. The van der Waals surface area contributed by atoms with E-state index < -0.39 is 0 Å². The van der Waals surface area contributed by atoms with Crippen molar-refractivity contribution in [1.82, 2.24) is 10.6 Å². The molecular weight excluding hydrogens is 276 g/mol. The molecule has 0 atom stereocenters. The molecule has 0 unspecified atom stereocenters. The number of hydrogen-bond donors (Lipinski definition) is 4. The number of amides is 2. The summed E-state index contributed by atoms with van der Waals surface area (Å²) >= 11 is 3.85. The van der Waals surface area contributed by atoms with Crippen molar-refractivity contribution in [3.8, 4) is 0 Å². The van der Waals surface area contributed by atoms with Gasteiger partial charge in [0.2, 0.25) is 11.8 Å². The highest BCUT2D eigenvalue weighted by Crippen LogP contribution is 1.99. The number of nitrogens with one attached hydrogen (secondary N) is 2. The van der Waals surface area contributed by atoms with Gasteiger partial charge in [0.05, 0.1) is 12.3 Å². The number of aliphatic hydroxyl groups is 1. The van der Waals surface area contributed by atoms with Crippen LogP contribution < -0.4 is 10.6 Å². The van der Waals surface area contributed by atoms with Crippen molar-refractivity contribution in [2.75, 3.05) is 18.8 Å². The Hall–Kier alpha value is -1.43. The van der Waals surface area contributed by atoms with Crippen LogP contribution in [0.2, 0.25) is 0 Å². The molecule has 0 aliphatic carbocycles. The molecule has 0 bridgehead atoms. The molecular formula is C14H24N2O3S. The van der Waals surface area contributed by atoms with Gasteiger partial charge in [0.25, 0.3) is 0 Å². The lowest BCUT2D eigenvalue weighted by Crippen LogP contribution is -2.26. The minimum Gasteiger partial charge on any atom is -0.510 e. The Morgan fingerprint density at radius 1 is 1.15 bits per heavy atom. The fourth-order valence-corrected chi connectivity index (χ4v) is 1.53. The van der Waals surface area contributed by atoms with Crippen molar-refractivity contribution < 1.29 is 14.7 Å². The molecule has 114 valence electrons. The molecule has 2 amide bonds. The molecule has 0 aliphatic rings. The standard InChI is InChI=1S/C14H24N2O3S/c1-2-3-7-12(17)10-16-13(18)8-5-4-6-9-15-14(19)11-20/h2-3,7,17,20H,4-6,8-11H2,1H3,(H,15,19)(H,16,18)/b3-2+,12-7-. The Morgan fingerprint density at radius 2 is 1.90 bits per heavy atom.